The molecule has 0 saturated heterocycles. The average Bonchev–Trinajstić information content (AvgIpc) is 3.13. The van der Waals surface area contributed by atoms with Crippen molar-refractivity contribution in [1.82, 2.24) is 0 Å². The molecular formula is C22H26N2S. The lowest BCUT2D eigenvalue weighted by atomic mass is 10.1. The monoisotopic (exact) mass is 350 g/mol. The van der Waals surface area contributed by atoms with Crippen LogP contribution in [0.2, 0.25) is 0 Å². The summed E-state index contributed by atoms with van der Waals surface area (Å²) in [5.41, 5.74) is 5.12. The molecule has 2 aromatic carbocycles. The number of rotatable bonds is 8. The Morgan fingerprint density at radius 1 is 0.600 bits per heavy atom. The van der Waals surface area contributed by atoms with Crippen LogP contribution < -0.4 is 10.6 Å². The Morgan fingerprint density at radius 3 is 1.36 bits per heavy atom. The van der Waals surface area contributed by atoms with Crippen LogP contribution in [-0.4, -0.2) is 0 Å². The molecule has 0 unspecified atom stereocenters. The van der Waals surface area contributed by atoms with Gasteiger partial charge in [0, 0.05) is 34.2 Å². The van der Waals surface area contributed by atoms with Crippen LogP contribution >= 0.6 is 11.3 Å². The summed E-state index contributed by atoms with van der Waals surface area (Å²) in [5, 5.41) is 7.00. The van der Waals surface area contributed by atoms with E-state index >= 15 is 0 Å². The molecule has 0 aliphatic carbocycles. The molecule has 1 heterocycles. The summed E-state index contributed by atoms with van der Waals surface area (Å²) in [7, 11) is 0. The molecule has 130 valence electrons. The van der Waals surface area contributed by atoms with Crippen molar-refractivity contribution < 1.29 is 0 Å². The molecule has 0 aliphatic heterocycles. The maximum atomic E-state index is 3.50. The van der Waals surface area contributed by atoms with Gasteiger partial charge in [-0.3, -0.25) is 0 Å². The van der Waals surface area contributed by atoms with Gasteiger partial charge in [-0.2, -0.15) is 0 Å². The minimum Gasteiger partial charge on any atom is -0.380 e. The lowest BCUT2D eigenvalue weighted by Gasteiger charge is -2.06. The topological polar surface area (TPSA) is 24.1 Å². The van der Waals surface area contributed by atoms with E-state index in [9.17, 15) is 0 Å². The first-order valence-corrected chi connectivity index (χ1v) is 9.81. The van der Waals surface area contributed by atoms with Gasteiger partial charge in [0.15, 0.2) is 0 Å². The number of anilines is 2. The Morgan fingerprint density at radius 2 is 1.00 bits per heavy atom. The quantitative estimate of drug-likeness (QED) is 0.513. The molecule has 0 spiro atoms. The smallest absolute Gasteiger partial charge is 0.0494 e. The number of nitrogens with one attached hydrogen (secondary N) is 2. The molecule has 0 radical (unpaired) electrons. The summed E-state index contributed by atoms with van der Waals surface area (Å²) in [6.45, 7) is 6.12. The van der Waals surface area contributed by atoms with E-state index in [2.05, 4.69) is 85.1 Å². The fraction of sp³-hybridized carbons (Fsp3) is 0.273. The Balaban J connectivity index is 1.49. The Kier molecular flexibility index (Phi) is 6.13. The molecule has 2 N–H and O–H groups in total. The standard InChI is InChI=1S/C22H26N2S/c1-3-17-5-9-19(10-6-17)23-15-21-13-14-22(25-21)16-24-20-11-7-18(4-2)8-12-20/h5-14,23-24H,3-4,15-16H2,1-2H3. The first-order valence-electron chi connectivity index (χ1n) is 9.00. The highest BCUT2D eigenvalue weighted by molar-refractivity contribution is 7.12. The van der Waals surface area contributed by atoms with Crippen LogP contribution in [-0.2, 0) is 25.9 Å². The highest BCUT2D eigenvalue weighted by Gasteiger charge is 2.01. The highest BCUT2D eigenvalue weighted by atomic mass is 32.1. The molecule has 0 bridgehead atoms. The van der Waals surface area contributed by atoms with Crippen molar-refractivity contribution in [3.05, 3.63) is 81.5 Å². The molecular weight excluding hydrogens is 324 g/mol. The molecule has 3 heteroatoms. The molecule has 1 aromatic heterocycles. The fourth-order valence-corrected chi connectivity index (χ4v) is 3.60. The highest BCUT2D eigenvalue weighted by Crippen LogP contribution is 2.20. The lowest BCUT2D eigenvalue weighted by Crippen LogP contribution is -1.98. The van der Waals surface area contributed by atoms with Crippen molar-refractivity contribution in [2.45, 2.75) is 39.8 Å². The van der Waals surface area contributed by atoms with Gasteiger partial charge < -0.3 is 10.6 Å². The molecule has 0 saturated carbocycles. The number of thiophene rings is 1. The summed E-state index contributed by atoms with van der Waals surface area (Å²) < 4.78 is 0. The van der Waals surface area contributed by atoms with Crippen molar-refractivity contribution in [2.24, 2.45) is 0 Å². The van der Waals surface area contributed by atoms with Crippen molar-refractivity contribution in [3.8, 4) is 0 Å². The van der Waals surface area contributed by atoms with Crippen LogP contribution in [0.5, 0.6) is 0 Å². The summed E-state index contributed by atoms with van der Waals surface area (Å²) >= 11 is 1.86. The maximum absolute atomic E-state index is 3.50. The van der Waals surface area contributed by atoms with Crippen molar-refractivity contribution >= 4 is 22.7 Å². The zero-order chi connectivity index (χ0) is 17.5. The number of hydrogen-bond donors (Lipinski definition) is 2. The van der Waals surface area contributed by atoms with Crippen LogP contribution in [0, 0.1) is 0 Å². The summed E-state index contributed by atoms with van der Waals surface area (Å²) in [4.78, 5) is 2.72. The van der Waals surface area contributed by atoms with E-state index < -0.39 is 0 Å². The fourth-order valence-electron chi connectivity index (χ4n) is 2.71. The molecule has 3 aromatic rings. The number of hydrogen-bond acceptors (Lipinski definition) is 3. The van der Waals surface area contributed by atoms with E-state index in [0.717, 1.165) is 25.9 Å². The summed E-state index contributed by atoms with van der Waals surface area (Å²) in [5.74, 6) is 0. The molecule has 3 rings (SSSR count). The second-order valence-electron chi connectivity index (χ2n) is 6.18. The van der Waals surface area contributed by atoms with E-state index in [0.29, 0.717) is 0 Å². The minimum absolute atomic E-state index is 0.876. The van der Waals surface area contributed by atoms with E-state index in [4.69, 9.17) is 0 Å². The largest absolute Gasteiger partial charge is 0.380 e. The van der Waals surface area contributed by atoms with Crippen LogP contribution in [0.25, 0.3) is 0 Å². The van der Waals surface area contributed by atoms with Crippen LogP contribution in [0.3, 0.4) is 0 Å². The lowest BCUT2D eigenvalue weighted by molar-refractivity contribution is 1.13. The molecule has 0 atom stereocenters. The van der Waals surface area contributed by atoms with Crippen LogP contribution in [0.4, 0.5) is 11.4 Å². The molecule has 2 nitrogen and oxygen atoms in total. The summed E-state index contributed by atoms with van der Waals surface area (Å²) in [6.07, 6.45) is 2.17. The third-order valence-corrected chi connectivity index (χ3v) is 5.46. The van der Waals surface area contributed by atoms with Gasteiger partial charge in [-0.25, -0.2) is 0 Å². The van der Waals surface area contributed by atoms with Gasteiger partial charge in [-0.1, -0.05) is 38.1 Å². The van der Waals surface area contributed by atoms with Gasteiger partial charge in [-0.15, -0.1) is 11.3 Å². The molecule has 0 amide bonds. The third-order valence-electron chi connectivity index (χ3n) is 4.38. The van der Waals surface area contributed by atoms with Gasteiger partial charge in [0.2, 0.25) is 0 Å². The molecule has 0 fully saturated rings. The maximum Gasteiger partial charge on any atom is 0.0494 e. The SMILES string of the molecule is CCc1ccc(NCc2ccc(CNc3ccc(CC)cc3)s2)cc1. The first-order chi connectivity index (χ1) is 12.3. The number of benzene rings is 2. The van der Waals surface area contributed by atoms with Gasteiger partial charge in [-0.05, 0) is 60.4 Å². The zero-order valence-corrected chi connectivity index (χ0v) is 15.8. The van der Waals surface area contributed by atoms with Gasteiger partial charge in [0.1, 0.15) is 0 Å². The Bertz CT molecular complexity index is 707. The number of aryl methyl sites for hydroxylation is 2. The minimum atomic E-state index is 0.876. The van der Waals surface area contributed by atoms with Gasteiger partial charge in [0.25, 0.3) is 0 Å². The van der Waals surface area contributed by atoms with Crippen molar-refractivity contribution in [2.75, 3.05) is 10.6 Å². The Hall–Kier alpha value is -2.26. The van der Waals surface area contributed by atoms with Gasteiger partial charge >= 0.3 is 0 Å². The van der Waals surface area contributed by atoms with E-state index in [-0.39, 0.29) is 0 Å². The van der Waals surface area contributed by atoms with E-state index in [1.54, 1.807) is 0 Å². The second kappa shape index (κ2) is 8.72. The molecule has 25 heavy (non-hydrogen) atoms. The predicted octanol–water partition coefficient (Wildman–Crippen LogP) is 6.10. The predicted molar refractivity (Wildman–Crippen MR) is 111 cm³/mol. The van der Waals surface area contributed by atoms with Crippen LogP contribution in [0.1, 0.15) is 34.7 Å². The summed E-state index contributed by atoms with van der Waals surface area (Å²) in [6, 6.07) is 21.8. The molecule has 0 aliphatic rings. The van der Waals surface area contributed by atoms with Gasteiger partial charge in [0.05, 0.1) is 0 Å². The average molecular weight is 351 g/mol. The van der Waals surface area contributed by atoms with Crippen LogP contribution in [0.15, 0.2) is 60.7 Å². The normalized spacial score (nSPS) is 10.6. The van der Waals surface area contributed by atoms with E-state index in [1.165, 1.54) is 32.3 Å². The Labute approximate surface area is 154 Å². The van der Waals surface area contributed by atoms with Crippen molar-refractivity contribution in [3.63, 3.8) is 0 Å². The zero-order valence-electron chi connectivity index (χ0n) is 15.0. The second-order valence-corrected chi connectivity index (χ2v) is 7.43. The third kappa shape index (κ3) is 5.10. The first kappa shape index (κ1) is 17.6. The van der Waals surface area contributed by atoms with Crippen molar-refractivity contribution in [1.29, 1.82) is 0 Å². The van der Waals surface area contributed by atoms with E-state index in [1.807, 2.05) is 11.3 Å².